The fourth-order valence-corrected chi connectivity index (χ4v) is 4.08. The molecule has 3 N–H and O–H groups in total. The Morgan fingerprint density at radius 2 is 2.10 bits per heavy atom. The van der Waals surface area contributed by atoms with Gasteiger partial charge in [0.2, 0.25) is 10.0 Å². The minimum Gasteiger partial charge on any atom is -0.329 e. The number of rotatable bonds is 5. The van der Waals surface area contributed by atoms with Crippen LogP contribution >= 0.6 is 24.0 Å². The van der Waals surface area contributed by atoms with E-state index in [1.807, 2.05) is 0 Å². The Labute approximate surface area is 129 Å². The number of nitrogens with two attached hydrogens (primary N) is 1. The van der Waals surface area contributed by atoms with Crippen molar-refractivity contribution in [2.24, 2.45) is 11.7 Å². The SMILES string of the molecule is CC(CN)(NS(=O)(=O)c1ccc(F)cc1Cl)C1CC1.Cl. The number of hydrogen-bond acceptors (Lipinski definition) is 3. The molecule has 1 aliphatic rings. The van der Waals surface area contributed by atoms with E-state index >= 15 is 0 Å². The highest BCUT2D eigenvalue weighted by atomic mass is 35.5. The Kier molecular flexibility index (Phi) is 5.43. The minimum absolute atomic E-state index is 0. The third-order valence-electron chi connectivity index (χ3n) is 3.45. The van der Waals surface area contributed by atoms with Crippen LogP contribution in [0, 0.1) is 11.7 Å². The molecule has 0 spiro atoms. The molecule has 1 aromatic carbocycles. The largest absolute Gasteiger partial charge is 0.329 e. The van der Waals surface area contributed by atoms with Gasteiger partial charge in [0.1, 0.15) is 10.7 Å². The lowest BCUT2D eigenvalue weighted by atomic mass is 9.98. The van der Waals surface area contributed by atoms with Crippen molar-refractivity contribution in [2.75, 3.05) is 6.54 Å². The maximum absolute atomic E-state index is 13.0. The Hall–Kier alpha value is -0.400. The summed E-state index contributed by atoms with van der Waals surface area (Å²) >= 11 is 5.79. The Morgan fingerprint density at radius 3 is 2.55 bits per heavy atom. The second-order valence-electron chi connectivity index (χ2n) is 5.08. The quantitative estimate of drug-likeness (QED) is 0.862. The number of benzene rings is 1. The van der Waals surface area contributed by atoms with Gasteiger partial charge in [-0.15, -0.1) is 12.4 Å². The molecule has 1 aromatic rings. The zero-order chi connectivity index (χ0) is 14.3. The summed E-state index contributed by atoms with van der Waals surface area (Å²) in [5.41, 5.74) is 4.99. The zero-order valence-electron chi connectivity index (χ0n) is 10.9. The molecule has 0 saturated heterocycles. The lowest BCUT2D eigenvalue weighted by molar-refractivity contribution is 0.374. The first-order valence-electron chi connectivity index (χ1n) is 5.97. The fourth-order valence-electron chi connectivity index (χ4n) is 2.07. The van der Waals surface area contributed by atoms with Crippen molar-refractivity contribution in [1.29, 1.82) is 0 Å². The van der Waals surface area contributed by atoms with Crippen LogP contribution in [-0.4, -0.2) is 20.5 Å². The van der Waals surface area contributed by atoms with Gasteiger partial charge in [-0.25, -0.2) is 17.5 Å². The molecule has 0 heterocycles. The average molecular weight is 343 g/mol. The summed E-state index contributed by atoms with van der Waals surface area (Å²) in [6, 6.07) is 3.20. The van der Waals surface area contributed by atoms with E-state index in [0.29, 0.717) is 0 Å². The van der Waals surface area contributed by atoms with Crippen LogP contribution in [0.1, 0.15) is 19.8 Å². The zero-order valence-corrected chi connectivity index (χ0v) is 13.3. The summed E-state index contributed by atoms with van der Waals surface area (Å²) in [5.74, 6) is -0.334. The van der Waals surface area contributed by atoms with Crippen molar-refractivity contribution in [3.8, 4) is 0 Å². The smallest absolute Gasteiger partial charge is 0.242 e. The van der Waals surface area contributed by atoms with Crippen molar-refractivity contribution >= 4 is 34.0 Å². The van der Waals surface area contributed by atoms with E-state index in [1.54, 1.807) is 6.92 Å². The van der Waals surface area contributed by atoms with Gasteiger partial charge in [-0.3, -0.25) is 0 Å². The van der Waals surface area contributed by atoms with Crippen molar-refractivity contribution in [1.82, 2.24) is 4.72 Å². The summed E-state index contributed by atoms with van der Waals surface area (Å²) in [6.07, 6.45) is 1.90. The first kappa shape index (κ1) is 17.7. The molecule has 8 heteroatoms. The van der Waals surface area contributed by atoms with Gasteiger partial charge in [-0.2, -0.15) is 0 Å². The molecule has 0 bridgehead atoms. The third kappa shape index (κ3) is 3.62. The van der Waals surface area contributed by atoms with Gasteiger partial charge in [0.05, 0.1) is 5.02 Å². The van der Waals surface area contributed by atoms with Crippen LogP contribution in [0.15, 0.2) is 23.1 Å². The van der Waals surface area contributed by atoms with Crippen molar-refractivity contribution < 1.29 is 12.8 Å². The van der Waals surface area contributed by atoms with Crippen LogP contribution in [0.3, 0.4) is 0 Å². The number of nitrogens with one attached hydrogen (secondary N) is 1. The molecular formula is C12H17Cl2FN2O2S. The fraction of sp³-hybridized carbons (Fsp3) is 0.500. The van der Waals surface area contributed by atoms with Gasteiger partial charge >= 0.3 is 0 Å². The van der Waals surface area contributed by atoms with E-state index in [4.69, 9.17) is 17.3 Å². The molecule has 1 saturated carbocycles. The second-order valence-corrected chi connectivity index (χ2v) is 7.13. The highest BCUT2D eigenvalue weighted by molar-refractivity contribution is 7.89. The standard InChI is InChI=1S/C12H16ClFN2O2S.ClH/c1-12(7-15,8-2-3-8)16-19(17,18)11-5-4-9(14)6-10(11)13;/h4-6,8,16H,2-3,7,15H2,1H3;1H. The van der Waals surface area contributed by atoms with Crippen LogP contribution in [0.5, 0.6) is 0 Å². The molecule has 2 rings (SSSR count). The van der Waals surface area contributed by atoms with Crippen molar-refractivity contribution in [3.63, 3.8) is 0 Å². The molecule has 114 valence electrons. The molecule has 1 atom stereocenters. The predicted octanol–water partition coefficient (Wildman–Crippen LogP) is 2.31. The average Bonchev–Trinajstić information content (AvgIpc) is 3.11. The Morgan fingerprint density at radius 1 is 1.50 bits per heavy atom. The molecule has 1 unspecified atom stereocenters. The van der Waals surface area contributed by atoms with E-state index in [1.165, 1.54) is 0 Å². The minimum atomic E-state index is -3.81. The number of halogens is 3. The van der Waals surface area contributed by atoms with Crippen LogP contribution in [-0.2, 0) is 10.0 Å². The first-order chi connectivity index (χ1) is 8.78. The van der Waals surface area contributed by atoms with Crippen LogP contribution < -0.4 is 10.5 Å². The Bertz CT molecular complexity index is 593. The first-order valence-corrected chi connectivity index (χ1v) is 7.84. The topological polar surface area (TPSA) is 72.2 Å². The molecule has 0 amide bonds. The van der Waals surface area contributed by atoms with Gasteiger partial charge in [-0.1, -0.05) is 11.6 Å². The van der Waals surface area contributed by atoms with E-state index in [2.05, 4.69) is 4.72 Å². The maximum Gasteiger partial charge on any atom is 0.242 e. The molecule has 0 radical (unpaired) electrons. The molecule has 0 aromatic heterocycles. The van der Waals surface area contributed by atoms with Gasteiger partial charge < -0.3 is 5.73 Å². The maximum atomic E-state index is 13.0. The van der Waals surface area contributed by atoms with E-state index in [0.717, 1.165) is 31.0 Å². The highest BCUT2D eigenvalue weighted by Crippen LogP contribution is 2.40. The van der Waals surface area contributed by atoms with E-state index < -0.39 is 21.4 Å². The molecular weight excluding hydrogens is 326 g/mol. The van der Waals surface area contributed by atoms with Crippen molar-refractivity contribution in [2.45, 2.75) is 30.2 Å². The summed E-state index contributed by atoms with van der Waals surface area (Å²) in [5, 5.41) is -0.136. The summed E-state index contributed by atoms with van der Waals surface area (Å²) in [4.78, 5) is -0.129. The Balaban J connectivity index is 0.00000200. The highest BCUT2D eigenvalue weighted by Gasteiger charge is 2.43. The molecule has 20 heavy (non-hydrogen) atoms. The number of sulfonamides is 1. The van der Waals surface area contributed by atoms with Gasteiger partial charge in [0.25, 0.3) is 0 Å². The molecule has 4 nitrogen and oxygen atoms in total. The monoisotopic (exact) mass is 342 g/mol. The van der Waals surface area contributed by atoms with Crippen molar-refractivity contribution in [3.05, 3.63) is 29.0 Å². The third-order valence-corrected chi connectivity index (χ3v) is 5.55. The lowest BCUT2D eigenvalue weighted by Crippen LogP contribution is -2.53. The summed E-state index contributed by atoms with van der Waals surface area (Å²) < 4.78 is 40.2. The van der Waals surface area contributed by atoms with Crippen LogP contribution in [0.2, 0.25) is 5.02 Å². The second kappa shape index (κ2) is 6.15. The summed E-state index contributed by atoms with van der Waals surface area (Å²) in [7, 11) is -3.81. The van der Waals surface area contributed by atoms with Gasteiger partial charge in [0.15, 0.2) is 0 Å². The normalized spacial score (nSPS) is 18.2. The van der Waals surface area contributed by atoms with Gasteiger partial charge in [0, 0.05) is 12.1 Å². The number of hydrogen-bond donors (Lipinski definition) is 2. The van der Waals surface area contributed by atoms with E-state index in [-0.39, 0.29) is 34.8 Å². The molecule has 1 fully saturated rings. The molecule has 1 aliphatic carbocycles. The van der Waals surface area contributed by atoms with Gasteiger partial charge in [-0.05, 0) is 43.9 Å². The lowest BCUT2D eigenvalue weighted by Gasteiger charge is -2.29. The van der Waals surface area contributed by atoms with E-state index in [9.17, 15) is 12.8 Å². The summed E-state index contributed by atoms with van der Waals surface area (Å²) in [6.45, 7) is 1.98. The predicted molar refractivity (Wildman–Crippen MR) is 79.2 cm³/mol. The molecule has 0 aliphatic heterocycles. The van der Waals surface area contributed by atoms with Crippen LogP contribution in [0.25, 0.3) is 0 Å². The van der Waals surface area contributed by atoms with Crippen LogP contribution in [0.4, 0.5) is 4.39 Å².